The fourth-order valence-corrected chi connectivity index (χ4v) is 2.81. The Bertz CT molecular complexity index is 688. The highest BCUT2D eigenvalue weighted by Gasteiger charge is 2.25. The molecule has 2 heterocycles. The van der Waals surface area contributed by atoms with Crippen molar-refractivity contribution >= 4 is 23.2 Å². The molecule has 2 aromatic rings. The average molecular weight is 303 g/mol. The molecule has 0 saturated carbocycles. The molecule has 0 spiro atoms. The molecule has 1 aliphatic rings. The number of pyridine rings is 1. The Kier molecular flexibility index (Phi) is 3.80. The van der Waals surface area contributed by atoms with Crippen molar-refractivity contribution in [2.45, 2.75) is 12.8 Å². The number of halogens is 1. The normalized spacial score (nSPS) is 13.7. The second-order valence-corrected chi connectivity index (χ2v) is 5.32. The molecule has 0 atom stereocenters. The van der Waals surface area contributed by atoms with Gasteiger partial charge in [0.1, 0.15) is 5.75 Å². The van der Waals surface area contributed by atoms with Crippen LogP contribution in [0.1, 0.15) is 22.3 Å². The molecule has 0 aliphatic carbocycles. The zero-order valence-corrected chi connectivity index (χ0v) is 12.4. The average Bonchev–Trinajstić information content (AvgIpc) is 2.53. The van der Waals surface area contributed by atoms with Crippen LogP contribution in [0.3, 0.4) is 0 Å². The van der Waals surface area contributed by atoms with E-state index in [0.717, 1.165) is 29.8 Å². The van der Waals surface area contributed by atoms with Crippen LogP contribution in [0, 0.1) is 0 Å². The van der Waals surface area contributed by atoms with Gasteiger partial charge in [0, 0.05) is 24.6 Å². The summed E-state index contributed by atoms with van der Waals surface area (Å²) in [6.07, 6.45) is 4.95. The number of ether oxygens (including phenoxy) is 1. The third-order valence-corrected chi connectivity index (χ3v) is 3.95. The van der Waals surface area contributed by atoms with E-state index in [1.165, 1.54) is 6.20 Å². The van der Waals surface area contributed by atoms with Gasteiger partial charge in [-0.25, -0.2) is 0 Å². The minimum Gasteiger partial charge on any atom is -0.497 e. The second kappa shape index (κ2) is 5.74. The van der Waals surface area contributed by atoms with Gasteiger partial charge in [0.25, 0.3) is 5.91 Å². The van der Waals surface area contributed by atoms with Crippen molar-refractivity contribution in [3.63, 3.8) is 0 Å². The summed E-state index contributed by atoms with van der Waals surface area (Å²) in [4.78, 5) is 18.4. The lowest BCUT2D eigenvalue weighted by molar-refractivity contribution is 0.0985. The smallest absolute Gasteiger partial charge is 0.259 e. The van der Waals surface area contributed by atoms with Crippen LogP contribution in [-0.4, -0.2) is 24.5 Å². The molecule has 1 amide bonds. The van der Waals surface area contributed by atoms with Gasteiger partial charge in [-0.15, -0.1) is 0 Å². The van der Waals surface area contributed by atoms with E-state index in [2.05, 4.69) is 4.98 Å². The summed E-state index contributed by atoms with van der Waals surface area (Å²) in [5.74, 6) is 0.721. The van der Waals surface area contributed by atoms with E-state index in [4.69, 9.17) is 16.3 Å². The fraction of sp³-hybridized carbons (Fsp3) is 0.250. The zero-order chi connectivity index (χ0) is 14.8. The lowest BCUT2D eigenvalue weighted by Crippen LogP contribution is -2.35. The van der Waals surface area contributed by atoms with Crippen molar-refractivity contribution in [1.29, 1.82) is 0 Å². The van der Waals surface area contributed by atoms with Crippen LogP contribution in [0.5, 0.6) is 5.75 Å². The van der Waals surface area contributed by atoms with Gasteiger partial charge in [-0.3, -0.25) is 9.78 Å². The third-order valence-electron chi connectivity index (χ3n) is 3.65. The molecule has 0 bridgehead atoms. The summed E-state index contributed by atoms with van der Waals surface area (Å²) < 4.78 is 5.25. The molecular weight excluding hydrogens is 288 g/mol. The molecule has 5 heteroatoms. The molecule has 1 aromatic heterocycles. The number of hydrogen-bond donors (Lipinski definition) is 0. The highest BCUT2D eigenvalue weighted by molar-refractivity contribution is 6.34. The summed E-state index contributed by atoms with van der Waals surface area (Å²) in [6.45, 7) is 0.691. The van der Waals surface area contributed by atoms with E-state index < -0.39 is 0 Å². The van der Waals surface area contributed by atoms with E-state index in [9.17, 15) is 4.79 Å². The number of fused-ring (bicyclic) bond motifs is 1. The topological polar surface area (TPSA) is 42.4 Å². The van der Waals surface area contributed by atoms with Crippen molar-refractivity contribution in [2.75, 3.05) is 18.6 Å². The summed E-state index contributed by atoms with van der Waals surface area (Å²) in [6, 6.07) is 7.45. The van der Waals surface area contributed by atoms with Crippen LogP contribution in [0.15, 0.2) is 36.7 Å². The van der Waals surface area contributed by atoms with Gasteiger partial charge >= 0.3 is 0 Å². The van der Waals surface area contributed by atoms with Gasteiger partial charge in [-0.05, 0) is 42.7 Å². The van der Waals surface area contributed by atoms with Gasteiger partial charge in [0.2, 0.25) is 0 Å². The Labute approximate surface area is 128 Å². The molecule has 3 rings (SSSR count). The van der Waals surface area contributed by atoms with E-state index in [-0.39, 0.29) is 5.91 Å². The minimum absolute atomic E-state index is 0.0893. The molecule has 0 unspecified atom stereocenters. The molecule has 1 aromatic carbocycles. The van der Waals surface area contributed by atoms with Gasteiger partial charge in [0.15, 0.2) is 0 Å². The lowest BCUT2D eigenvalue weighted by Gasteiger charge is -2.30. The third kappa shape index (κ3) is 2.59. The monoisotopic (exact) mass is 302 g/mol. The number of aryl methyl sites for hydroxylation is 1. The number of methoxy groups -OCH3 is 1. The molecule has 1 aliphatic heterocycles. The summed E-state index contributed by atoms with van der Waals surface area (Å²) >= 11 is 6.08. The first-order valence-electron chi connectivity index (χ1n) is 6.79. The van der Waals surface area contributed by atoms with E-state index >= 15 is 0 Å². The number of rotatable bonds is 2. The quantitative estimate of drug-likeness (QED) is 0.854. The van der Waals surface area contributed by atoms with Crippen LogP contribution < -0.4 is 9.64 Å². The van der Waals surface area contributed by atoms with Crippen molar-refractivity contribution in [2.24, 2.45) is 0 Å². The molecule has 21 heavy (non-hydrogen) atoms. The number of aromatic nitrogens is 1. The zero-order valence-electron chi connectivity index (χ0n) is 11.7. The van der Waals surface area contributed by atoms with Crippen LogP contribution in [-0.2, 0) is 6.42 Å². The van der Waals surface area contributed by atoms with E-state index in [0.29, 0.717) is 17.1 Å². The Morgan fingerprint density at radius 1 is 1.38 bits per heavy atom. The summed E-state index contributed by atoms with van der Waals surface area (Å²) in [5.41, 5.74) is 2.54. The molecule has 108 valence electrons. The lowest BCUT2D eigenvalue weighted by atomic mass is 10.0. The first kappa shape index (κ1) is 13.9. The van der Waals surface area contributed by atoms with Gasteiger partial charge in [-0.1, -0.05) is 11.6 Å². The number of benzene rings is 1. The summed E-state index contributed by atoms with van der Waals surface area (Å²) in [7, 11) is 1.64. The number of anilines is 1. The van der Waals surface area contributed by atoms with Crippen LogP contribution in [0.25, 0.3) is 0 Å². The Morgan fingerprint density at radius 2 is 2.24 bits per heavy atom. The van der Waals surface area contributed by atoms with Crippen molar-refractivity contribution in [1.82, 2.24) is 4.98 Å². The molecule has 0 saturated heterocycles. The van der Waals surface area contributed by atoms with Crippen molar-refractivity contribution < 1.29 is 9.53 Å². The maximum absolute atomic E-state index is 12.7. The maximum atomic E-state index is 12.7. The minimum atomic E-state index is -0.0893. The number of carbonyl (C=O) groups is 1. The van der Waals surface area contributed by atoms with Crippen molar-refractivity contribution in [3.05, 3.63) is 52.8 Å². The maximum Gasteiger partial charge on any atom is 0.259 e. The predicted molar refractivity (Wildman–Crippen MR) is 82.2 cm³/mol. The molecular formula is C16H15ClN2O2. The Hall–Kier alpha value is -2.07. The number of hydrogen-bond acceptors (Lipinski definition) is 3. The van der Waals surface area contributed by atoms with E-state index in [1.54, 1.807) is 24.3 Å². The molecule has 4 nitrogen and oxygen atoms in total. The predicted octanol–water partition coefficient (Wildman–Crippen LogP) is 3.34. The number of nitrogens with zero attached hydrogens (tertiary/aromatic N) is 2. The first-order chi connectivity index (χ1) is 10.2. The van der Waals surface area contributed by atoms with E-state index in [1.807, 2.05) is 18.2 Å². The van der Waals surface area contributed by atoms with Crippen LogP contribution in [0.2, 0.25) is 5.02 Å². The standard InChI is InChI=1S/C16H15ClN2O2/c1-21-12-4-5-15-11(9-12)3-2-8-19(15)16(20)13-6-7-18-10-14(13)17/h4-7,9-10H,2-3,8H2,1H3. The largest absolute Gasteiger partial charge is 0.497 e. The fourth-order valence-electron chi connectivity index (χ4n) is 2.61. The van der Waals surface area contributed by atoms with Gasteiger partial charge < -0.3 is 9.64 Å². The number of carbonyl (C=O) groups excluding carboxylic acids is 1. The SMILES string of the molecule is COc1ccc2c(c1)CCCN2C(=O)c1ccncc1Cl. The van der Waals surface area contributed by atoms with Gasteiger partial charge in [0.05, 0.1) is 17.7 Å². The second-order valence-electron chi connectivity index (χ2n) is 4.91. The molecule has 0 fully saturated rings. The Morgan fingerprint density at radius 3 is 3.00 bits per heavy atom. The van der Waals surface area contributed by atoms with Crippen LogP contribution >= 0.6 is 11.6 Å². The number of amides is 1. The first-order valence-corrected chi connectivity index (χ1v) is 7.17. The highest BCUT2D eigenvalue weighted by atomic mass is 35.5. The molecule has 0 N–H and O–H groups in total. The van der Waals surface area contributed by atoms with Crippen LogP contribution in [0.4, 0.5) is 5.69 Å². The molecule has 0 radical (unpaired) electrons. The van der Waals surface area contributed by atoms with Crippen molar-refractivity contribution in [3.8, 4) is 5.75 Å². The highest BCUT2D eigenvalue weighted by Crippen LogP contribution is 2.32. The van der Waals surface area contributed by atoms with Gasteiger partial charge in [-0.2, -0.15) is 0 Å². The Balaban J connectivity index is 1.99. The summed E-state index contributed by atoms with van der Waals surface area (Å²) in [5, 5.41) is 0.378.